The van der Waals surface area contributed by atoms with Crippen LogP contribution in [0.15, 0.2) is 29.3 Å². The fourth-order valence-corrected chi connectivity index (χ4v) is 5.29. The number of fused-ring (bicyclic) bond motifs is 1. The van der Waals surface area contributed by atoms with E-state index in [-0.39, 0.29) is 38.1 Å². The van der Waals surface area contributed by atoms with Crippen molar-refractivity contribution < 1.29 is 26.4 Å². The summed E-state index contributed by atoms with van der Waals surface area (Å²) in [5, 5.41) is 5.02. The summed E-state index contributed by atoms with van der Waals surface area (Å²) in [6.07, 6.45) is 1.64. The molecule has 33 heavy (non-hydrogen) atoms. The van der Waals surface area contributed by atoms with Crippen LogP contribution in [0.25, 0.3) is 11.0 Å². The minimum absolute atomic E-state index is 0.0477. The first-order valence-corrected chi connectivity index (χ1v) is 11.7. The van der Waals surface area contributed by atoms with Gasteiger partial charge in [-0.2, -0.15) is 9.40 Å². The van der Waals surface area contributed by atoms with Crippen LogP contribution >= 0.6 is 0 Å². The molecule has 0 unspecified atom stereocenters. The standard InChI is InChI=1S/C21H22F3N5O3S/c1-12(2)29-20-14(11-25-29)10-15(13(3)26-20)21(30)27-6-8-28(9-7-27)33(31,32)17-5-4-16(22)18(23)19(17)24/h4-5,10-12H,6-9H2,1-3H3. The van der Waals surface area contributed by atoms with E-state index in [1.807, 2.05) is 13.8 Å². The lowest BCUT2D eigenvalue weighted by molar-refractivity contribution is 0.0696. The van der Waals surface area contributed by atoms with Crippen LogP contribution in [0.5, 0.6) is 0 Å². The molecule has 3 aromatic rings. The topological polar surface area (TPSA) is 88.4 Å². The molecule has 8 nitrogen and oxygen atoms in total. The Labute approximate surface area is 188 Å². The van der Waals surface area contributed by atoms with Gasteiger partial charge in [0.1, 0.15) is 4.90 Å². The van der Waals surface area contributed by atoms with E-state index in [1.54, 1.807) is 23.9 Å². The molecule has 176 valence electrons. The molecule has 0 radical (unpaired) electrons. The molecule has 0 bridgehead atoms. The number of hydrogen-bond donors (Lipinski definition) is 0. The highest BCUT2D eigenvalue weighted by atomic mass is 32.2. The summed E-state index contributed by atoms with van der Waals surface area (Å²) in [7, 11) is -4.40. The maximum absolute atomic E-state index is 14.1. The zero-order valence-electron chi connectivity index (χ0n) is 18.2. The summed E-state index contributed by atoms with van der Waals surface area (Å²) in [5.41, 5.74) is 1.58. The van der Waals surface area contributed by atoms with Crippen LogP contribution < -0.4 is 0 Å². The molecule has 0 N–H and O–H groups in total. The third kappa shape index (κ3) is 3.97. The van der Waals surface area contributed by atoms with Gasteiger partial charge >= 0.3 is 0 Å². The minimum atomic E-state index is -4.40. The molecule has 1 fully saturated rings. The third-order valence-corrected chi connectivity index (χ3v) is 7.54. The number of nitrogens with zero attached hydrogens (tertiary/aromatic N) is 5. The Kier molecular flexibility index (Phi) is 5.91. The molecule has 0 aliphatic carbocycles. The number of piperazine rings is 1. The van der Waals surface area contributed by atoms with Crippen molar-refractivity contribution in [3.05, 3.63) is 53.1 Å². The lowest BCUT2D eigenvalue weighted by atomic mass is 10.1. The summed E-state index contributed by atoms with van der Waals surface area (Å²) in [4.78, 5) is 18.2. The van der Waals surface area contributed by atoms with Gasteiger partial charge in [-0.25, -0.2) is 31.3 Å². The van der Waals surface area contributed by atoms with Gasteiger partial charge in [0.2, 0.25) is 10.0 Å². The molecular formula is C21H22F3N5O3S. The van der Waals surface area contributed by atoms with Gasteiger partial charge in [0.25, 0.3) is 5.91 Å². The quantitative estimate of drug-likeness (QED) is 0.535. The number of aryl methyl sites for hydroxylation is 1. The monoisotopic (exact) mass is 481 g/mol. The first-order valence-electron chi connectivity index (χ1n) is 10.3. The maximum atomic E-state index is 14.1. The van der Waals surface area contributed by atoms with E-state index in [9.17, 15) is 26.4 Å². The Hall–Kier alpha value is -2.99. The van der Waals surface area contributed by atoms with E-state index >= 15 is 0 Å². The largest absolute Gasteiger partial charge is 0.336 e. The number of carbonyl (C=O) groups is 1. The molecule has 1 aliphatic rings. The third-order valence-electron chi connectivity index (χ3n) is 5.62. The second-order valence-corrected chi connectivity index (χ2v) is 9.99. The van der Waals surface area contributed by atoms with Gasteiger partial charge in [0.05, 0.1) is 17.5 Å². The lowest BCUT2D eigenvalue weighted by Gasteiger charge is -2.34. The fraction of sp³-hybridized carbons (Fsp3) is 0.381. The summed E-state index contributed by atoms with van der Waals surface area (Å²) in [6.45, 7) is 5.53. The van der Waals surface area contributed by atoms with Crippen molar-refractivity contribution in [1.29, 1.82) is 0 Å². The number of rotatable bonds is 4. The van der Waals surface area contributed by atoms with E-state index in [0.29, 0.717) is 34.4 Å². The Bertz CT molecular complexity index is 1350. The molecule has 1 saturated heterocycles. The summed E-state index contributed by atoms with van der Waals surface area (Å²) in [5.74, 6) is -5.38. The number of amides is 1. The molecule has 0 atom stereocenters. The molecule has 12 heteroatoms. The molecule has 3 heterocycles. The van der Waals surface area contributed by atoms with Gasteiger partial charge in [-0.3, -0.25) is 4.79 Å². The van der Waals surface area contributed by atoms with Crippen LogP contribution in [-0.2, 0) is 10.0 Å². The Morgan fingerprint density at radius 2 is 1.73 bits per heavy atom. The average Bonchev–Trinajstić information content (AvgIpc) is 3.19. The van der Waals surface area contributed by atoms with Gasteiger partial charge in [-0.1, -0.05) is 0 Å². The zero-order valence-corrected chi connectivity index (χ0v) is 19.0. The van der Waals surface area contributed by atoms with Crippen LogP contribution in [0, 0.1) is 24.4 Å². The molecule has 1 aliphatic heterocycles. The predicted molar refractivity (Wildman–Crippen MR) is 114 cm³/mol. The van der Waals surface area contributed by atoms with Crippen LogP contribution in [0.3, 0.4) is 0 Å². The molecule has 1 amide bonds. The van der Waals surface area contributed by atoms with Crippen molar-refractivity contribution in [3.63, 3.8) is 0 Å². The van der Waals surface area contributed by atoms with E-state index in [4.69, 9.17) is 0 Å². The van der Waals surface area contributed by atoms with Gasteiger partial charge in [-0.05, 0) is 39.0 Å². The molecule has 1 aromatic carbocycles. The van der Waals surface area contributed by atoms with Gasteiger partial charge in [0, 0.05) is 37.6 Å². The minimum Gasteiger partial charge on any atom is -0.336 e. The summed E-state index contributed by atoms with van der Waals surface area (Å²) in [6, 6.07) is 3.08. The number of sulfonamides is 1. The van der Waals surface area contributed by atoms with E-state index in [1.165, 1.54) is 4.90 Å². The molecule has 0 spiro atoms. The van der Waals surface area contributed by atoms with Gasteiger partial charge < -0.3 is 4.90 Å². The SMILES string of the molecule is Cc1nc2c(cnn2C(C)C)cc1C(=O)N1CCN(S(=O)(=O)c2ccc(F)c(F)c2F)CC1. The predicted octanol–water partition coefficient (Wildman–Crippen LogP) is 2.88. The van der Waals surface area contributed by atoms with Crippen LogP contribution in [0.4, 0.5) is 13.2 Å². The normalized spacial score (nSPS) is 15.5. The van der Waals surface area contributed by atoms with Crippen LogP contribution in [-0.4, -0.2) is 64.5 Å². The van der Waals surface area contributed by atoms with Crippen molar-refractivity contribution in [2.24, 2.45) is 0 Å². The zero-order chi connectivity index (χ0) is 24.1. The van der Waals surface area contributed by atoms with E-state index in [2.05, 4.69) is 10.1 Å². The smallest absolute Gasteiger partial charge is 0.255 e. The highest BCUT2D eigenvalue weighted by Crippen LogP contribution is 2.25. The second kappa shape index (κ2) is 8.41. The molecule has 2 aromatic heterocycles. The van der Waals surface area contributed by atoms with Crippen molar-refractivity contribution in [3.8, 4) is 0 Å². The molecule has 0 saturated carbocycles. The average molecular weight is 482 g/mol. The highest BCUT2D eigenvalue weighted by Gasteiger charge is 2.34. The van der Waals surface area contributed by atoms with Gasteiger partial charge in [0.15, 0.2) is 23.1 Å². The van der Waals surface area contributed by atoms with E-state index in [0.717, 1.165) is 4.31 Å². The van der Waals surface area contributed by atoms with Crippen LogP contribution in [0.1, 0.15) is 35.9 Å². The number of carbonyl (C=O) groups excluding carboxylic acids is 1. The second-order valence-electron chi connectivity index (χ2n) is 8.09. The highest BCUT2D eigenvalue weighted by molar-refractivity contribution is 7.89. The Morgan fingerprint density at radius 3 is 2.36 bits per heavy atom. The van der Waals surface area contributed by atoms with Crippen LogP contribution in [0.2, 0.25) is 0 Å². The first-order chi connectivity index (χ1) is 15.5. The summed E-state index contributed by atoms with van der Waals surface area (Å²) < 4.78 is 69.0. The summed E-state index contributed by atoms with van der Waals surface area (Å²) >= 11 is 0. The van der Waals surface area contributed by atoms with Crippen molar-refractivity contribution >= 4 is 27.0 Å². The van der Waals surface area contributed by atoms with Crippen molar-refractivity contribution in [2.75, 3.05) is 26.2 Å². The van der Waals surface area contributed by atoms with E-state index < -0.39 is 32.4 Å². The maximum Gasteiger partial charge on any atom is 0.255 e. The Balaban J connectivity index is 1.53. The van der Waals surface area contributed by atoms with Crippen molar-refractivity contribution in [2.45, 2.75) is 31.7 Å². The lowest BCUT2D eigenvalue weighted by Crippen LogP contribution is -2.50. The fourth-order valence-electron chi connectivity index (χ4n) is 3.81. The molecule has 4 rings (SSSR count). The number of hydrogen-bond acceptors (Lipinski definition) is 5. The van der Waals surface area contributed by atoms with Crippen molar-refractivity contribution in [1.82, 2.24) is 24.0 Å². The number of pyridine rings is 1. The Morgan fingerprint density at radius 1 is 1.06 bits per heavy atom. The number of aromatic nitrogens is 3. The number of benzene rings is 1. The first kappa shape index (κ1) is 23.2. The van der Waals surface area contributed by atoms with Gasteiger partial charge in [-0.15, -0.1) is 0 Å². The number of halogens is 3. The molecular weight excluding hydrogens is 459 g/mol.